The van der Waals surface area contributed by atoms with Gasteiger partial charge >= 0.3 is 0 Å². The summed E-state index contributed by atoms with van der Waals surface area (Å²) in [6.45, 7) is 1.74. The summed E-state index contributed by atoms with van der Waals surface area (Å²) in [7, 11) is 0. The van der Waals surface area contributed by atoms with E-state index in [-0.39, 0.29) is 16.9 Å². The molecular weight excluding hydrogens is 260 g/mol. The van der Waals surface area contributed by atoms with E-state index in [2.05, 4.69) is 10.3 Å². The zero-order chi connectivity index (χ0) is 14.7. The number of nitrogen functional groups attached to an aromatic ring is 1. The van der Waals surface area contributed by atoms with E-state index < -0.39 is 10.8 Å². The summed E-state index contributed by atoms with van der Waals surface area (Å²) in [4.78, 5) is 26.3. The minimum Gasteiger partial charge on any atom is -0.393 e. The maximum atomic E-state index is 12.1. The number of nitro benzene ring substituents is 1. The van der Waals surface area contributed by atoms with E-state index in [1.165, 1.54) is 18.2 Å². The van der Waals surface area contributed by atoms with Gasteiger partial charge in [0.15, 0.2) is 0 Å². The first-order chi connectivity index (χ1) is 9.50. The summed E-state index contributed by atoms with van der Waals surface area (Å²) < 4.78 is 0. The maximum Gasteiger partial charge on any atom is 0.292 e. The first-order valence-corrected chi connectivity index (χ1v) is 5.76. The Balaban J connectivity index is 2.33. The van der Waals surface area contributed by atoms with Crippen LogP contribution in [-0.4, -0.2) is 15.8 Å². The van der Waals surface area contributed by atoms with Crippen molar-refractivity contribution >= 4 is 23.0 Å². The van der Waals surface area contributed by atoms with E-state index >= 15 is 0 Å². The Morgan fingerprint density at radius 1 is 1.35 bits per heavy atom. The average molecular weight is 272 g/mol. The highest BCUT2D eigenvalue weighted by Crippen LogP contribution is 2.25. The van der Waals surface area contributed by atoms with Gasteiger partial charge < -0.3 is 11.1 Å². The number of anilines is 2. The zero-order valence-corrected chi connectivity index (χ0v) is 10.7. The molecule has 0 radical (unpaired) electrons. The van der Waals surface area contributed by atoms with Gasteiger partial charge in [0.05, 0.1) is 21.9 Å². The number of nitrogens with one attached hydrogen (secondary N) is 1. The summed E-state index contributed by atoms with van der Waals surface area (Å²) in [6.07, 6.45) is 1.60. The molecule has 0 saturated heterocycles. The van der Waals surface area contributed by atoms with Gasteiger partial charge in [0.2, 0.25) is 0 Å². The average Bonchev–Trinajstić information content (AvgIpc) is 2.41. The van der Waals surface area contributed by atoms with Gasteiger partial charge in [-0.2, -0.15) is 0 Å². The molecule has 0 bridgehead atoms. The third kappa shape index (κ3) is 2.56. The van der Waals surface area contributed by atoms with Crippen molar-refractivity contribution in [2.45, 2.75) is 6.92 Å². The van der Waals surface area contributed by atoms with Crippen LogP contribution in [0.1, 0.15) is 16.1 Å². The van der Waals surface area contributed by atoms with E-state index in [0.29, 0.717) is 11.4 Å². The number of para-hydroxylation sites is 1. The number of benzene rings is 1. The van der Waals surface area contributed by atoms with Crippen LogP contribution in [0.5, 0.6) is 0 Å². The van der Waals surface area contributed by atoms with E-state index in [9.17, 15) is 14.9 Å². The van der Waals surface area contributed by atoms with Crippen molar-refractivity contribution < 1.29 is 9.72 Å². The smallest absolute Gasteiger partial charge is 0.292 e. The van der Waals surface area contributed by atoms with Crippen LogP contribution in [0.3, 0.4) is 0 Å². The Morgan fingerprint density at radius 2 is 2.10 bits per heavy atom. The predicted molar refractivity (Wildman–Crippen MR) is 74.4 cm³/mol. The lowest BCUT2D eigenvalue weighted by atomic mass is 10.1. The number of amides is 1. The molecule has 1 aromatic carbocycles. The van der Waals surface area contributed by atoms with E-state index in [0.717, 1.165) is 0 Å². The monoisotopic (exact) mass is 272 g/mol. The number of nitrogens with two attached hydrogens (primary N) is 1. The third-order valence-electron chi connectivity index (χ3n) is 2.78. The normalized spacial score (nSPS) is 10.1. The molecule has 102 valence electrons. The standard InChI is InChI=1S/C13H12N4O3/c1-8-10(5-3-7-15-8)16-13(18)9-4-2-6-11(12(9)14)17(19)20/h2-7H,14H2,1H3,(H,16,18). The zero-order valence-electron chi connectivity index (χ0n) is 10.7. The minimum absolute atomic E-state index is 0.0578. The molecule has 0 atom stereocenters. The molecule has 1 aromatic heterocycles. The van der Waals surface area contributed by atoms with Crippen molar-refractivity contribution in [2.24, 2.45) is 0 Å². The second-order valence-electron chi connectivity index (χ2n) is 4.09. The summed E-state index contributed by atoms with van der Waals surface area (Å²) in [5.74, 6) is -0.512. The molecule has 0 saturated carbocycles. The molecule has 2 aromatic rings. The second-order valence-corrected chi connectivity index (χ2v) is 4.09. The highest BCUT2D eigenvalue weighted by molar-refractivity contribution is 6.09. The van der Waals surface area contributed by atoms with E-state index in [4.69, 9.17) is 5.73 Å². The number of carbonyl (C=O) groups is 1. The fraction of sp³-hybridized carbons (Fsp3) is 0.0769. The summed E-state index contributed by atoms with van der Waals surface area (Å²) >= 11 is 0. The minimum atomic E-state index is -0.624. The van der Waals surface area contributed by atoms with Gasteiger partial charge in [0.25, 0.3) is 11.6 Å². The van der Waals surface area contributed by atoms with Crippen molar-refractivity contribution in [3.63, 3.8) is 0 Å². The van der Waals surface area contributed by atoms with Crippen molar-refractivity contribution in [2.75, 3.05) is 11.1 Å². The Bertz CT molecular complexity index is 685. The second kappa shape index (κ2) is 5.35. The molecule has 3 N–H and O–H groups in total. The van der Waals surface area contributed by atoms with Gasteiger partial charge in [-0.15, -0.1) is 0 Å². The predicted octanol–water partition coefficient (Wildman–Crippen LogP) is 2.13. The molecule has 0 aliphatic carbocycles. The lowest BCUT2D eigenvalue weighted by Gasteiger charge is -2.09. The first kappa shape index (κ1) is 13.5. The molecule has 0 fully saturated rings. The number of hydrogen-bond donors (Lipinski definition) is 2. The number of nitro groups is 1. The number of pyridine rings is 1. The molecule has 0 unspecified atom stereocenters. The van der Waals surface area contributed by atoms with Gasteiger partial charge in [-0.3, -0.25) is 19.9 Å². The van der Waals surface area contributed by atoms with Gasteiger partial charge in [-0.25, -0.2) is 0 Å². The summed E-state index contributed by atoms with van der Waals surface area (Å²) in [6, 6.07) is 7.47. The largest absolute Gasteiger partial charge is 0.393 e. The van der Waals surface area contributed by atoms with E-state index in [1.54, 1.807) is 25.3 Å². The Hall–Kier alpha value is -2.96. The molecule has 7 nitrogen and oxygen atoms in total. The summed E-state index contributed by atoms with van der Waals surface area (Å²) in [5.41, 5.74) is 6.44. The van der Waals surface area contributed by atoms with Crippen LogP contribution >= 0.6 is 0 Å². The van der Waals surface area contributed by atoms with Crippen molar-refractivity contribution in [1.82, 2.24) is 4.98 Å². The molecular formula is C13H12N4O3. The van der Waals surface area contributed by atoms with Crippen LogP contribution in [0.25, 0.3) is 0 Å². The Labute approximate surface area is 114 Å². The van der Waals surface area contributed by atoms with Gasteiger partial charge in [0.1, 0.15) is 5.69 Å². The molecule has 2 rings (SSSR count). The van der Waals surface area contributed by atoms with Crippen molar-refractivity contribution in [3.05, 3.63) is 57.9 Å². The number of aromatic nitrogens is 1. The van der Waals surface area contributed by atoms with Crippen LogP contribution < -0.4 is 11.1 Å². The first-order valence-electron chi connectivity index (χ1n) is 5.76. The number of hydrogen-bond acceptors (Lipinski definition) is 5. The fourth-order valence-electron chi connectivity index (χ4n) is 1.72. The molecule has 0 spiro atoms. The van der Waals surface area contributed by atoms with Crippen LogP contribution in [0.4, 0.5) is 17.1 Å². The number of nitrogens with zero attached hydrogens (tertiary/aromatic N) is 2. The molecule has 0 aliphatic rings. The quantitative estimate of drug-likeness (QED) is 0.505. The van der Waals surface area contributed by atoms with Gasteiger partial charge in [-0.1, -0.05) is 6.07 Å². The van der Waals surface area contributed by atoms with Crippen molar-refractivity contribution in [3.8, 4) is 0 Å². The third-order valence-corrected chi connectivity index (χ3v) is 2.78. The number of rotatable bonds is 3. The van der Waals surface area contributed by atoms with Gasteiger partial charge in [-0.05, 0) is 25.1 Å². The lowest BCUT2D eigenvalue weighted by molar-refractivity contribution is -0.383. The molecule has 1 amide bonds. The fourth-order valence-corrected chi connectivity index (χ4v) is 1.72. The molecule has 20 heavy (non-hydrogen) atoms. The van der Waals surface area contributed by atoms with Gasteiger partial charge in [0, 0.05) is 12.3 Å². The maximum absolute atomic E-state index is 12.1. The number of carbonyl (C=O) groups excluding carboxylic acids is 1. The van der Waals surface area contributed by atoms with Crippen LogP contribution in [0, 0.1) is 17.0 Å². The van der Waals surface area contributed by atoms with Crippen LogP contribution in [0.2, 0.25) is 0 Å². The Kier molecular flexibility index (Phi) is 3.60. The molecule has 1 heterocycles. The van der Waals surface area contributed by atoms with E-state index in [1.807, 2.05) is 0 Å². The van der Waals surface area contributed by atoms with Crippen LogP contribution in [0.15, 0.2) is 36.5 Å². The topological polar surface area (TPSA) is 111 Å². The number of aryl methyl sites for hydroxylation is 1. The Morgan fingerprint density at radius 3 is 2.75 bits per heavy atom. The molecule has 7 heteroatoms. The SMILES string of the molecule is Cc1ncccc1NC(=O)c1cccc([N+](=O)[O-])c1N. The summed E-state index contributed by atoms with van der Waals surface area (Å²) in [5, 5.41) is 13.4. The van der Waals surface area contributed by atoms with Crippen molar-refractivity contribution in [1.29, 1.82) is 0 Å². The lowest BCUT2D eigenvalue weighted by Crippen LogP contribution is -2.15. The highest BCUT2D eigenvalue weighted by Gasteiger charge is 2.19. The molecule has 0 aliphatic heterocycles. The van der Waals surface area contributed by atoms with Crippen LogP contribution in [-0.2, 0) is 0 Å². The highest BCUT2D eigenvalue weighted by atomic mass is 16.6.